The lowest BCUT2D eigenvalue weighted by Gasteiger charge is -2.18. The average Bonchev–Trinajstić information content (AvgIpc) is 2.75. The molecular formula is C21H23N3O6. The predicted octanol–water partition coefficient (Wildman–Crippen LogP) is 1.97. The molecule has 0 bridgehead atoms. The minimum Gasteiger partial charge on any atom is -0.465 e. The van der Waals surface area contributed by atoms with Gasteiger partial charge >= 0.3 is 12.1 Å². The fourth-order valence-electron chi connectivity index (χ4n) is 2.50. The predicted molar refractivity (Wildman–Crippen MR) is 108 cm³/mol. The molecule has 0 unspecified atom stereocenters. The molecule has 158 valence electrons. The van der Waals surface area contributed by atoms with E-state index in [1.807, 2.05) is 18.2 Å². The van der Waals surface area contributed by atoms with E-state index < -0.39 is 29.9 Å². The Morgan fingerprint density at radius 3 is 2.27 bits per heavy atom. The fraction of sp³-hybridized carbons (Fsp3) is 0.238. The molecule has 0 radical (unpaired) electrons. The van der Waals surface area contributed by atoms with Crippen molar-refractivity contribution in [2.24, 2.45) is 5.73 Å². The highest BCUT2D eigenvalue weighted by molar-refractivity contribution is 5.97. The van der Waals surface area contributed by atoms with Gasteiger partial charge in [-0.25, -0.2) is 9.59 Å². The topological polar surface area (TPSA) is 137 Å². The van der Waals surface area contributed by atoms with Crippen molar-refractivity contribution < 1.29 is 28.7 Å². The Morgan fingerprint density at radius 2 is 1.67 bits per heavy atom. The summed E-state index contributed by atoms with van der Waals surface area (Å²) in [6, 6.07) is 14.0. The highest BCUT2D eigenvalue weighted by Gasteiger charge is 2.22. The van der Waals surface area contributed by atoms with Crippen LogP contribution in [0.2, 0.25) is 0 Å². The first-order chi connectivity index (χ1) is 14.4. The molecule has 30 heavy (non-hydrogen) atoms. The maximum absolute atomic E-state index is 12.6. The van der Waals surface area contributed by atoms with Crippen molar-refractivity contribution in [2.75, 3.05) is 12.4 Å². The van der Waals surface area contributed by atoms with Crippen molar-refractivity contribution in [3.63, 3.8) is 0 Å². The number of nitrogens with two attached hydrogens (primary N) is 1. The number of alkyl carbamates (subject to hydrolysis) is 1. The van der Waals surface area contributed by atoms with Crippen molar-refractivity contribution >= 4 is 29.6 Å². The van der Waals surface area contributed by atoms with E-state index in [1.165, 1.54) is 31.4 Å². The number of esters is 1. The maximum Gasteiger partial charge on any atom is 0.408 e. The number of anilines is 1. The lowest BCUT2D eigenvalue weighted by atomic mass is 10.1. The number of hydrogen-bond acceptors (Lipinski definition) is 6. The molecule has 9 heteroatoms. The highest BCUT2D eigenvalue weighted by Crippen LogP contribution is 2.12. The molecule has 0 heterocycles. The monoisotopic (exact) mass is 413 g/mol. The number of primary amides is 1. The van der Waals surface area contributed by atoms with Gasteiger partial charge in [0, 0.05) is 12.1 Å². The van der Waals surface area contributed by atoms with Crippen LogP contribution in [0.25, 0.3) is 0 Å². The van der Waals surface area contributed by atoms with Gasteiger partial charge in [-0.05, 0) is 36.2 Å². The molecule has 2 rings (SSSR count). The van der Waals surface area contributed by atoms with Crippen LogP contribution in [-0.2, 0) is 25.7 Å². The van der Waals surface area contributed by atoms with Gasteiger partial charge in [0.25, 0.3) is 0 Å². The first kappa shape index (κ1) is 22.4. The van der Waals surface area contributed by atoms with E-state index in [0.29, 0.717) is 11.3 Å². The molecule has 0 saturated carbocycles. The van der Waals surface area contributed by atoms with Crippen molar-refractivity contribution in [1.29, 1.82) is 0 Å². The number of ether oxygens (including phenoxy) is 2. The summed E-state index contributed by atoms with van der Waals surface area (Å²) in [6.07, 6.45) is -0.898. The van der Waals surface area contributed by atoms with Gasteiger partial charge in [-0.15, -0.1) is 0 Å². The van der Waals surface area contributed by atoms with Crippen LogP contribution < -0.4 is 16.4 Å². The Balaban J connectivity index is 1.98. The van der Waals surface area contributed by atoms with Crippen molar-refractivity contribution in [1.82, 2.24) is 5.32 Å². The number of benzene rings is 2. The zero-order valence-electron chi connectivity index (χ0n) is 16.4. The number of carbonyl (C=O) groups is 4. The van der Waals surface area contributed by atoms with Crippen LogP contribution in [0.15, 0.2) is 54.6 Å². The Labute approximate surface area is 173 Å². The van der Waals surface area contributed by atoms with Gasteiger partial charge < -0.3 is 25.8 Å². The number of carbonyl (C=O) groups excluding carboxylic acids is 4. The zero-order chi connectivity index (χ0) is 21.9. The van der Waals surface area contributed by atoms with Crippen molar-refractivity contribution in [3.05, 3.63) is 65.7 Å². The Bertz CT molecular complexity index is 883. The lowest BCUT2D eigenvalue weighted by molar-refractivity contribution is -0.119. The second-order valence-corrected chi connectivity index (χ2v) is 6.32. The summed E-state index contributed by atoms with van der Waals surface area (Å²) in [5.74, 6) is -1.66. The molecule has 9 nitrogen and oxygen atoms in total. The molecule has 0 aliphatic rings. The molecule has 0 aliphatic carbocycles. The van der Waals surface area contributed by atoms with Gasteiger partial charge in [-0.3, -0.25) is 9.59 Å². The minimum absolute atomic E-state index is 0.00183. The van der Waals surface area contributed by atoms with Gasteiger partial charge in [-0.2, -0.15) is 0 Å². The quantitative estimate of drug-likeness (QED) is 0.538. The van der Waals surface area contributed by atoms with E-state index in [1.54, 1.807) is 12.1 Å². The second kappa shape index (κ2) is 11.2. The normalized spacial score (nSPS) is 11.1. The van der Waals surface area contributed by atoms with Crippen LogP contribution in [0, 0.1) is 0 Å². The van der Waals surface area contributed by atoms with E-state index in [2.05, 4.69) is 15.4 Å². The third-order valence-electron chi connectivity index (χ3n) is 4.07. The van der Waals surface area contributed by atoms with Gasteiger partial charge in [0.1, 0.15) is 12.6 Å². The highest BCUT2D eigenvalue weighted by atomic mass is 16.5. The molecule has 3 amide bonds. The molecule has 2 aromatic carbocycles. The SMILES string of the molecule is COC(=O)c1ccc(NC(=O)[C@H](CCC(N)=O)NC(=O)OCc2ccccc2)cc1. The standard InChI is InChI=1S/C21H23N3O6/c1-29-20(27)15-7-9-16(10-8-15)23-19(26)17(11-12-18(22)25)24-21(28)30-13-14-5-3-2-4-6-14/h2-10,17H,11-13H2,1H3,(H2,22,25)(H,23,26)(H,24,28)/t17-/m0/s1. The number of rotatable bonds is 9. The third-order valence-corrected chi connectivity index (χ3v) is 4.07. The second-order valence-electron chi connectivity index (χ2n) is 6.32. The smallest absolute Gasteiger partial charge is 0.408 e. The number of amides is 3. The summed E-state index contributed by atoms with van der Waals surface area (Å²) in [7, 11) is 1.27. The van der Waals surface area contributed by atoms with Gasteiger partial charge in [0.05, 0.1) is 12.7 Å². The average molecular weight is 413 g/mol. The fourth-order valence-corrected chi connectivity index (χ4v) is 2.50. The molecule has 1 atom stereocenters. The molecule has 0 aliphatic heterocycles. The van der Waals surface area contributed by atoms with E-state index in [4.69, 9.17) is 10.5 Å². The van der Waals surface area contributed by atoms with E-state index in [9.17, 15) is 19.2 Å². The van der Waals surface area contributed by atoms with Crippen LogP contribution in [0.5, 0.6) is 0 Å². The van der Waals surface area contributed by atoms with Crippen LogP contribution >= 0.6 is 0 Å². The van der Waals surface area contributed by atoms with E-state index >= 15 is 0 Å². The third kappa shape index (κ3) is 7.27. The summed E-state index contributed by atoms with van der Waals surface area (Å²) in [6.45, 7) is 0.0336. The van der Waals surface area contributed by atoms with Gasteiger partial charge in [0.2, 0.25) is 11.8 Å². The molecule has 0 aromatic heterocycles. The van der Waals surface area contributed by atoms with Crippen molar-refractivity contribution in [2.45, 2.75) is 25.5 Å². The van der Waals surface area contributed by atoms with Gasteiger partial charge in [-0.1, -0.05) is 30.3 Å². The molecular weight excluding hydrogens is 390 g/mol. The summed E-state index contributed by atoms with van der Waals surface area (Å²) in [5, 5.41) is 5.06. The van der Waals surface area contributed by atoms with Gasteiger partial charge in [0.15, 0.2) is 0 Å². The molecule has 0 spiro atoms. The minimum atomic E-state index is -1.04. The van der Waals surface area contributed by atoms with E-state index in [-0.39, 0.29) is 19.4 Å². The number of hydrogen-bond donors (Lipinski definition) is 3. The molecule has 2 aromatic rings. The Morgan fingerprint density at radius 1 is 1.00 bits per heavy atom. The molecule has 4 N–H and O–H groups in total. The molecule has 0 fully saturated rings. The van der Waals surface area contributed by atoms with E-state index in [0.717, 1.165) is 5.56 Å². The van der Waals surface area contributed by atoms with Crippen LogP contribution in [0.4, 0.5) is 10.5 Å². The Kier molecular flexibility index (Phi) is 8.37. The first-order valence-corrected chi connectivity index (χ1v) is 9.14. The Hall–Kier alpha value is -3.88. The largest absolute Gasteiger partial charge is 0.465 e. The summed E-state index contributed by atoms with van der Waals surface area (Å²) in [4.78, 5) is 47.3. The van der Waals surface area contributed by atoms with Crippen molar-refractivity contribution in [3.8, 4) is 0 Å². The van der Waals surface area contributed by atoms with Crippen LogP contribution in [0.1, 0.15) is 28.8 Å². The lowest BCUT2D eigenvalue weighted by Crippen LogP contribution is -2.44. The van der Waals surface area contributed by atoms with Crippen LogP contribution in [0.3, 0.4) is 0 Å². The summed E-state index contributed by atoms with van der Waals surface area (Å²) in [5.41, 5.74) is 6.67. The van der Waals surface area contributed by atoms with Crippen LogP contribution in [-0.4, -0.2) is 37.0 Å². The summed E-state index contributed by atoms with van der Waals surface area (Å²) >= 11 is 0. The molecule has 0 saturated heterocycles. The zero-order valence-corrected chi connectivity index (χ0v) is 16.4. The number of nitrogens with one attached hydrogen (secondary N) is 2. The first-order valence-electron chi connectivity index (χ1n) is 9.14. The maximum atomic E-state index is 12.6. The summed E-state index contributed by atoms with van der Waals surface area (Å²) < 4.78 is 9.74. The number of methoxy groups -OCH3 is 1.